The Bertz CT molecular complexity index is 367. The van der Waals surface area contributed by atoms with Crippen molar-refractivity contribution in [3.8, 4) is 0 Å². The highest BCUT2D eigenvalue weighted by atomic mass is 35.5. The number of pyridine rings is 1. The van der Waals surface area contributed by atoms with E-state index in [0.717, 1.165) is 6.42 Å². The molecular weight excluding hydrogens is 242 g/mol. The van der Waals surface area contributed by atoms with Crippen LogP contribution in [0.2, 0.25) is 0 Å². The highest BCUT2D eigenvalue weighted by Crippen LogP contribution is 2.15. The second kappa shape index (κ2) is 6.39. The SMILES string of the molecule is CC(C)CC(CCl)Nc1ccc([N+](=O)[O-])cn1. The molecule has 94 valence electrons. The number of hydrogen-bond acceptors (Lipinski definition) is 4. The van der Waals surface area contributed by atoms with Gasteiger partial charge in [-0.3, -0.25) is 10.1 Å². The molecule has 0 radical (unpaired) electrons. The summed E-state index contributed by atoms with van der Waals surface area (Å²) in [5.74, 6) is 1.63. The molecule has 0 aliphatic carbocycles. The van der Waals surface area contributed by atoms with Gasteiger partial charge < -0.3 is 5.32 Å². The summed E-state index contributed by atoms with van der Waals surface area (Å²) in [6, 6.07) is 3.15. The molecular formula is C11H16ClN3O2. The Kier molecular flexibility index (Phi) is 5.15. The first kappa shape index (κ1) is 13.7. The van der Waals surface area contributed by atoms with E-state index in [1.54, 1.807) is 6.07 Å². The molecule has 0 aromatic carbocycles. The Morgan fingerprint density at radius 1 is 1.53 bits per heavy atom. The number of nitrogens with one attached hydrogen (secondary N) is 1. The van der Waals surface area contributed by atoms with Crippen LogP contribution in [-0.2, 0) is 0 Å². The van der Waals surface area contributed by atoms with E-state index in [4.69, 9.17) is 11.6 Å². The second-order valence-electron chi connectivity index (χ2n) is 4.28. The molecule has 5 nitrogen and oxygen atoms in total. The van der Waals surface area contributed by atoms with Gasteiger partial charge in [0.2, 0.25) is 0 Å². The quantitative estimate of drug-likeness (QED) is 0.483. The minimum absolute atomic E-state index is 0.0122. The maximum absolute atomic E-state index is 10.5. The van der Waals surface area contributed by atoms with E-state index in [1.165, 1.54) is 12.3 Å². The Morgan fingerprint density at radius 3 is 2.65 bits per heavy atom. The van der Waals surface area contributed by atoms with Crippen LogP contribution in [0, 0.1) is 16.0 Å². The molecule has 1 atom stereocenters. The fourth-order valence-corrected chi connectivity index (χ4v) is 1.72. The minimum atomic E-state index is -0.468. The van der Waals surface area contributed by atoms with Gasteiger partial charge in [-0.25, -0.2) is 4.98 Å². The molecule has 0 saturated heterocycles. The number of nitrogens with zero attached hydrogens (tertiary/aromatic N) is 2. The van der Waals surface area contributed by atoms with E-state index in [9.17, 15) is 10.1 Å². The zero-order valence-corrected chi connectivity index (χ0v) is 10.6. The molecule has 6 heteroatoms. The summed E-state index contributed by atoms with van der Waals surface area (Å²) in [6.45, 7) is 4.23. The first-order valence-corrected chi connectivity index (χ1v) is 5.99. The van der Waals surface area contributed by atoms with Gasteiger partial charge in [-0.1, -0.05) is 13.8 Å². The van der Waals surface area contributed by atoms with Gasteiger partial charge in [0.15, 0.2) is 0 Å². The third-order valence-corrected chi connectivity index (χ3v) is 2.63. The van der Waals surface area contributed by atoms with Crippen molar-refractivity contribution >= 4 is 23.1 Å². The van der Waals surface area contributed by atoms with Gasteiger partial charge in [-0.2, -0.15) is 0 Å². The third kappa shape index (κ3) is 4.56. The lowest BCUT2D eigenvalue weighted by Crippen LogP contribution is -2.23. The van der Waals surface area contributed by atoms with Crippen molar-refractivity contribution in [1.29, 1.82) is 0 Å². The van der Waals surface area contributed by atoms with Gasteiger partial charge >= 0.3 is 0 Å². The number of rotatable bonds is 6. The summed E-state index contributed by atoms with van der Waals surface area (Å²) in [7, 11) is 0. The fraction of sp³-hybridized carbons (Fsp3) is 0.545. The summed E-state index contributed by atoms with van der Waals surface area (Å²) in [5, 5.41) is 13.6. The average molecular weight is 258 g/mol. The number of hydrogen-bond donors (Lipinski definition) is 1. The van der Waals surface area contributed by atoms with Crippen LogP contribution < -0.4 is 5.32 Å². The first-order valence-electron chi connectivity index (χ1n) is 5.46. The van der Waals surface area contributed by atoms with Crippen LogP contribution in [0.3, 0.4) is 0 Å². The van der Waals surface area contributed by atoms with Gasteiger partial charge in [0.25, 0.3) is 5.69 Å². The van der Waals surface area contributed by atoms with Gasteiger partial charge in [0.1, 0.15) is 12.0 Å². The van der Waals surface area contributed by atoms with Crippen LogP contribution in [0.15, 0.2) is 18.3 Å². The monoisotopic (exact) mass is 257 g/mol. The molecule has 1 aromatic heterocycles. The number of alkyl halides is 1. The topological polar surface area (TPSA) is 68.1 Å². The number of anilines is 1. The predicted octanol–water partition coefficient (Wildman–Crippen LogP) is 3.06. The molecule has 0 bridgehead atoms. The molecule has 1 N–H and O–H groups in total. The zero-order chi connectivity index (χ0) is 12.8. The second-order valence-corrected chi connectivity index (χ2v) is 4.59. The zero-order valence-electron chi connectivity index (χ0n) is 9.89. The van der Waals surface area contributed by atoms with Gasteiger partial charge in [0.05, 0.1) is 4.92 Å². The highest BCUT2D eigenvalue weighted by Gasteiger charge is 2.11. The highest BCUT2D eigenvalue weighted by molar-refractivity contribution is 6.18. The van der Waals surface area contributed by atoms with Crippen LogP contribution in [0.4, 0.5) is 11.5 Å². The maximum atomic E-state index is 10.5. The van der Waals surface area contributed by atoms with E-state index in [-0.39, 0.29) is 11.7 Å². The Balaban J connectivity index is 2.64. The molecule has 17 heavy (non-hydrogen) atoms. The van der Waals surface area contributed by atoms with E-state index in [1.807, 2.05) is 0 Å². The van der Waals surface area contributed by atoms with Crippen molar-refractivity contribution in [3.05, 3.63) is 28.4 Å². The van der Waals surface area contributed by atoms with Gasteiger partial charge in [-0.15, -0.1) is 11.6 Å². The minimum Gasteiger partial charge on any atom is -0.366 e. The van der Waals surface area contributed by atoms with Crippen molar-refractivity contribution in [2.75, 3.05) is 11.2 Å². The van der Waals surface area contributed by atoms with E-state index in [2.05, 4.69) is 24.1 Å². The Morgan fingerprint density at radius 2 is 2.24 bits per heavy atom. The van der Waals surface area contributed by atoms with Crippen molar-refractivity contribution in [3.63, 3.8) is 0 Å². The van der Waals surface area contributed by atoms with Crippen LogP contribution in [0.1, 0.15) is 20.3 Å². The summed E-state index contributed by atoms with van der Waals surface area (Å²) in [4.78, 5) is 14.0. The largest absolute Gasteiger partial charge is 0.366 e. The first-order chi connectivity index (χ1) is 8.02. The van der Waals surface area contributed by atoms with Crippen molar-refractivity contribution in [2.45, 2.75) is 26.3 Å². The fourth-order valence-electron chi connectivity index (χ4n) is 1.52. The number of aromatic nitrogens is 1. The molecule has 0 amide bonds. The van der Waals surface area contributed by atoms with Crippen LogP contribution in [-0.4, -0.2) is 21.8 Å². The van der Waals surface area contributed by atoms with Crippen molar-refractivity contribution in [1.82, 2.24) is 4.98 Å². The molecule has 0 aliphatic rings. The third-order valence-electron chi connectivity index (χ3n) is 2.25. The molecule has 0 fully saturated rings. The lowest BCUT2D eigenvalue weighted by atomic mass is 10.1. The summed E-state index contributed by atoms with van der Waals surface area (Å²) in [6.07, 6.45) is 2.17. The summed E-state index contributed by atoms with van der Waals surface area (Å²) >= 11 is 5.84. The van der Waals surface area contributed by atoms with Crippen LogP contribution in [0.5, 0.6) is 0 Å². The normalized spacial score (nSPS) is 12.5. The molecule has 0 saturated carbocycles. The van der Waals surface area contributed by atoms with E-state index in [0.29, 0.717) is 17.6 Å². The molecule has 1 aromatic rings. The maximum Gasteiger partial charge on any atom is 0.287 e. The number of nitro groups is 1. The van der Waals surface area contributed by atoms with E-state index >= 15 is 0 Å². The van der Waals surface area contributed by atoms with Crippen molar-refractivity contribution < 1.29 is 4.92 Å². The molecule has 0 spiro atoms. The van der Waals surface area contributed by atoms with Crippen molar-refractivity contribution in [2.24, 2.45) is 5.92 Å². The lowest BCUT2D eigenvalue weighted by Gasteiger charge is -2.18. The average Bonchev–Trinajstić information content (AvgIpc) is 2.28. The van der Waals surface area contributed by atoms with E-state index < -0.39 is 4.92 Å². The molecule has 0 aliphatic heterocycles. The summed E-state index contributed by atoms with van der Waals surface area (Å²) in [5.41, 5.74) is -0.0122. The number of halogens is 1. The smallest absolute Gasteiger partial charge is 0.287 e. The summed E-state index contributed by atoms with van der Waals surface area (Å²) < 4.78 is 0. The Hall–Kier alpha value is -1.36. The predicted molar refractivity (Wildman–Crippen MR) is 68.5 cm³/mol. The Labute approximate surface area is 105 Å². The van der Waals surface area contributed by atoms with Gasteiger partial charge in [0, 0.05) is 18.0 Å². The molecule has 1 heterocycles. The van der Waals surface area contributed by atoms with Crippen LogP contribution in [0.25, 0.3) is 0 Å². The standard InChI is InChI=1S/C11H16ClN3O2/c1-8(2)5-9(6-12)14-11-4-3-10(7-13-11)15(16)17/h3-4,7-9H,5-6H2,1-2H3,(H,13,14). The molecule has 1 rings (SSSR count). The van der Waals surface area contributed by atoms with Gasteiger partial charge in [-0.05, 0) is 18.4 Å². The van der Waals surface area contributed by atoms with Crippen LogP contribution >= 0.6 is 11.6 Å². The lowest BCUT2D eigenvalue weighted by molar-refractivity contribution is -0.385. The molecule has 1 unspecified atom stereocenters.